The normalized spacial score (nSPS) is 17.4. The van der Waals surface area contributed by atoms with Crippen molar-refractivity contribution in [3.05, 3.63) is 98.9 Å². The van der Waals surface area contributed by atoms with Crippen molar-refractivity contribution in [3.63, 3.8) is 0 Å². The molecule has 1 fully saturated rings. The summed E-state index contributed by atoms with van der Waals surface area (Å²) >= 11 is 0. The van der Waals surface area contributed by atoms with Gasteiger partial charge in [-0.15, -0.1) is 0 Å². The van der Waals surface area contributed by atoms with Crippen LogP contribution >= 0.6 is 0 Å². The van der Waals surface area contributed by atoms with Crippen LogP contribution in [0.5, 0.6) is 0 Å². The van der Waals surface area contributed by atoms with E-state index in [-0.39, 0.29) is 24.1 Å². The molecule has 9 heteroatoms. The number of nitrogens with one attached hydrogen (secondary N) is 1. The van der Waals surface area contributed by atoms with E-state index >= 15 is 0 Å². The van der Waals surface area contributed by atoms with Crippen molar-refractivity contribution >= 4 is 17.6 Å². The van der Waals surface area contributed by atoms with Crippen molar-refractivity contribution < 1.29 is 13.9 Å². The molecule has 8 nitrogen and oxygen atoms in total. The van der Waals surface area contributed by atoms with Gasteiger partial charge in [0.2, 0.25) is 0 Å². The van der Waals surface area contributed by atoms with Crippen LogP contribution < -0.4 is 15.9 Å². The number of carbonyl (C=O) groups is 1. The highest BCUT2D eigenvalue weighted by molar-refractivity contribution is 5.95. The molecule has 3 heterocycles. The number of anilines is 2. The minimum atomic E-state index is -0.459. The van der Waals surface area contributed by atoms with Gasteiger partial charge >= 0.3 is 11.7 Å². The number of fused-ring (bicyclic) bond motifs is 1. The lowest BCUT2D eigenvalue weighted by molar-refractivity contribution is -0.138. The van der Waals surface area contributed by atoms with Crippen LogP contribution in [0.15, 0.2) is 70.7 Å². The van der Waals surface area contributed by atoms with Crippen molar-refractivity contribution in [2.45, 2.75) is 46.2 Å². The first-order chi connectivity index (χ1) is 19.4. The van der Waals surface area contributed by atoms with E-state index in [1.807, 2.05) is 56.3 Å². The lowest BCUT2D eigenvalue weighted by atomic mass is 9.81. The Labute approximate surface area is 234 Å². The molecule has 1 saturated heterocycles. The number of carbonyl (C=O) groups excluding carboxylic acids is 1. The van der Waals surface area contributed by atoms with Gasteiger partial charge in [0.1, 0.15) is 17.5 Å². The molecule has 2 aliphatic rings. The van der Waals surface area contributed by atoms with Crippen LogP contribution in [0.1, 0.15) is 49.8 Å². The van der Waals surface area contributed by atoms with Gasteiger partial charge in [-0.05, 0) is 31.9 Å². The fourth-order valence-electron chi connectivity index (χ4n) is 5.68. The molecule has 2 aliphatic heterocycles. The number of ether oxygens (including phenoxy) is 1. The Bertz CT molecular complexity index is 1460. The summed E-state index contributed by atoms with van der Waals surface area (Å²) in [5, 5.41) is 3.39. The lowest BCUT2D eigenvalue weighted by Gasteiger charge is -2.39. The second-order valence-electron chi connectivity index (χ2n) is 10.2. The highest BCUT2D eigenvalue weighted by atomic mass is 19.1. The number of esters is 1. The van der Waals surface area contributed by atoms with Crippen LogP contribution in [-0.4, -0.2) is 53.2 Å². The van der Waals surface area contributed by atoms with Crippen LogP contribution in [0.4, 0.5) is 16.0 Å². The number of rotatable bonds is 8. The largest absolute Gasteiger partial charge is 0.463 e. The zero-order chi connectivity index (χ0) is 28.2. The van der Waals surface area contributed by atoms with Crippen molar-refractivity contribution in [2.75, 3.05) is 43.0 Å². The second-order valence-corrected chi connectivity index (χ2v) is 10.2. The smallest absolute Gasteiger partial charge is 0.351 e. The van der Waals surface area contributed by atoms with Crippen LogP contribution in [0.2, 0.25) is 0 Å². The maximum Gasteiger partial charge on any atom is 0.351 e. The fraction of sp³-hybridized carbons (Fsp3) is 0.387. The van der Waals surface area contributed by atoms with Crippen LogP contribution in [0, 0.1) is 5.82 Å². The van der Waals surface area contributed by atoms with E-state index in [1.165, 1.54) is 6.07 Å². The average Bonchev–Trinajstić information content (AvgIpc) is 2.96. The summed E-state index contributed by atoms with van der Waals surface area (Å²) in [6, 6.07) is 16.7. The van der Waals surface area contributed by atoms with Gasteiger partial charge in [0.15, 0.2) is 0 Å². The number of halogens is 1. The molecule has 210 valence electrons. The number of nitrogens with zero attached hydrogens (tertiary/aromatic N) is 4. The summed E-state index contributed by atoms with van der Waals surface area (Å²) in [4.78, 5) is 35.7. The number of allylic oxidation sites excluding steroid dienone is 1. The maximum atomic E-state index is 14.3. The summed E-state index contributed by atoms with van der Waals surface area (Å²) in [6.45, 7) is 9.55. The molecule has 0 amide bonds. The highest BCUT2D eigenvalue weighted by Crippen LogP contribution is 2.45. The van der Waals surface area contributed by atoms with Crippen molar-refractivity contribution in [1.82, 2.24) is 14.5 Å². The molecule has 2 aromatic carbocycles. The Morgan fingerprint density at radius 2 is 1.75 bits per heavy atom. The van der Waals surface area contributed by atoms with Crippen LogP contribution in [-0.2, 0) is 22.6 Å². The number of piperazine rings is 1. The number of hydrogen-bond acceptors (Lipinski definition) is 7. The van der Waals surface area contributed by atoms with E-state index < -0.39 is 5.92 Å². The SMILES string of the molecule is CCCn1c2c(c(N3CCN(Cc4ccccc4F)CC3)nc1=O)C(c1ccccc1)C(C(=O)OCC)=C(C)N2. The summed E-state index contributed by atoms with van der Waals surface area (Å²) in [7, 11) is 0. The maximum absolute atomic E-state index is 14.3. The van der Waals surface area contributed by atoms with Gasteiger partial charge < -0.3 is 15.0 Å². The first-order valence-electron chi connectivity index (χ1n) is 14.0. The lowest BCUT2D eigenvalue weighted by Crippen LogP contribution is -2.48. The molecule has 3 aromatic rings. The van der Waals surface area contributed by atoms with Gasteiger partial charge in [-0.2, -0.15) is 4.98 Å². The second kappa shape index (κ2) is 12.0. The molecular weight excluding hydrogens is 509 g/mol. The monoisotopic (exact) mass is 545 g/mol. The van der Waals surface area contributed by atoms with Gasteiger partial charge in [0.25, 0.3) is 0 Å². The quantitative estimate of drug-likeness (QED) is 0.417. The molecule has 40 heavy (non-hydrogen) atoms. The molecule has 0 aliphatic carbocycles. The van der Waals surface area contributed by atoms with Gasteiger partial charge in [-0.1, -0.05) is 55.5 Å². The van der Waals surface area contributed by atoms with Gasteiger partial charge in [-0.3, -0.25) is 9.47 Å². The van der Waals surface area contributed by atoms with E-state index in [4.69, 9.17) is 4.74 Å². The van der Waals surface area contributed by atoms with E-state index in [9.17, 15) is 14.0 Å². The molecular formula is C31H36FN5O3. The Morgan fingerprint density at radius 3 is 2.42 bits per heavy atom. The zero-order valence-electron chi connectivity index (χ0n) is 23.3. The summed E-state index contributed by atoms with van der Waals surface area (Å²) < 4.78 is 21.5. The van der Waals surface area contributed by atoms with E-state index in [1.54, 1.807) is 17.6 Å². The summed E-state index contributed by atoms with van der Waals surface area (Å²) in [6.07, 6.45) is 0.757. The van der Waals surface area contributed by atoms with Crippen LogP contribution in [0.25, 0.3) is 0 Å². The third kappa shape index (κ3) is 5.38. The Balaban J connectivity index is 1.57. The Morgan fingerprint density at radius 1 is 1.05 bits per heavy atom. The van der Waals surface area contributed by atoms with Crippen molar-refractivity contribution in [1.29, 1.82) is 0 Å². The fourth-order valence-corrected chi connectivity index (χ4v) is 5.68. The standard InChI is InChI=1S/C31H36FN5O3/c1-4-15-37-29-27(26(22-11-7-6-8-12-22)25(21(3)33-29)30(38)40-5-2)28(34-31(37)39)36-18-16-35(17-19-36)20-23-13-9-10-14-24(23)32/h6-14,26,33H,4-5,15-20H2,1-3H3. The topological polar surface area (TPSA) is 79.7 Å². The zero-order valence-corrected chi connectivity index (χ0v) is 23.3. The van der Waals surface area contributed by atoms with Crippen LogP contribution in [0.3, 0.4) is 0 Å². The number of aromatic nitrogens is 2. The van der Waals surface area contributed by atoms with E-state index in [0.717, 1.165) is 17.5 Å². The molecule has 0 spiro atoms. The first-order valence-corrected chi connectivity index (χ1v) is 14.0. The summed E-state index contributed by atoms with van der Waals surface area (Å²) in [5.74, 6) is 0.198. The molecule has 1 unspecified atom stereocenters. The van der Waals surface area contributed by atoms with Gasteiger partial charge in [0.05, 0.1) is 18.1 Å². The van der Waals surface area contributed by atoms with Gasteiger partial charge in [0, 0.05) is 56.1 Å². The molecule has 1 aromatic heterocycles. The molecule has 0 saturated carbocycles. The molecule has 1 N–H and O–H groups in total. The van der Waals surface area contributed by atoms with E-state index in [0.29, 0.717) is 67.7 Å². The number of benzene rings is 2. The molecule has 1 atom stereocenters. The van der Waals surface area contributed by atoms with Gasteiger partial charge in [-0.25, -0.2) is 14.0 Å². The highest BCUT2D eigenvalue weighted by Gasteiger charge is 2.39. The molecule has 5 rings (SSSR count). The average molecular weight is 546 g/mol. The Hall–Kier alpha value is -3.98. The predicted molar refractivity (Wildman–Crippen MR) is 154 cm³/mol. The first kappa shape index (κ1) is 27.6. The van der Waals surface area contributed by atoms with Crippen molar-refractivity contribution in [3.8, 4) is 0 Å². The molecule has 0 radical (unpaired) electrons. The molecule has 0 bridgehead atoms. The number of hydrogen-bond donors (Lipinski definition) is 1. The van der Waals surface area contributed by atoms with Crippen molar-refractivity contribution in [2.24, 2.45) is 0 Å². The predicted octanol–water partition coefficient (Wildman–Crippen LogP) is 4.51. The Kier molecular flexibility index (Phi) is 8.30. The minimum absolute atomic E-state index is 0.203. The summed E-state index contributed by atoms with van der Waals surface area (Å²) in [5.41, 5.74) is 3.25. The minimum Gasteiger partial charge on any atom is -0.463 e. The third-order valence-corrected chi connectivity index (χ3v) is 7.58. The van der Waals surface area contributed by atoms with E-state index in [2.05, 4.69) is 20.1 Å². The third-order valence-electron chi connectivity index (χ3n) is 7.58.